The fourth-order valence-corrected chi connectivity index (χ4v) is 1.75. The summed E-state index contributed by atoms with van der Waals surface area (Å²) in [5, 5.41) is 2.78. The SMILES string of the molecule is C=CCNC(=O)CCN(C)C(C)Cc1ccccn1. The highest BCUT2D eigenvalue weighted by Crippen LogP contribution is 2.05. The van der Waals surface area contributed by atoms with Crippen molar-refractivity contribution < 1.29 is 4.79 Å². The van der Waals surface area contributed by atoms with Gasteiger partial charge in [0.05, 0.1) is 0 Å². The lowest BCUT2D eigenvalue weighted by molar-refractivity contribution is -0.121. The summed E-state index contributed by atoms with van der Waals surface area (Å²) in [7, 11) is 2.04. The molecule has 1 unspecified atom stereocenters. The number of nitrogens with one attached hydrogen (secondary N) is 1. The fraction of sp³-hybridized carbons (Fsp3) is 0.467. The molecule has 0 radical (unpaired) electrons. The number of carbonyl (C=O) groups excluding carboxylic acids is 1. The van der Waals surface area contributed by atoms with Gasteiger partial charge in [-0.3, -0.25) is 9.78 Å². The van der Waals surface area contributed by atoms with Gasteiger partial charge in [-0.1, -0.05) is 12.1 Å². The first-order valence-corrected chi connectivity index (χ1v) is 6.61. The van der Waals surface area contributed by atoms with Gasteiger partial charge >= 0.3 is 0 Å². The van der Waals surface area contributed by atoms with E-state index >= 15 is 0 Å². The molecule has 1 rings (SSSR count). The number of rotatable bonds is 8. The lowest BCUT2D eigenvalue weighted by atomic mass is 10.1. The number of hydrogen-bond acceptors (Lipinski definition) is 3. The molecule has 0 bridgehead atoms. The number of pyridine rings is 1. The average molecular weight is 261 g/mol. The highest BCUT2D eigenvalue weighted by Gasteiger charge is 2.11. The number of aromatic nitrogens is 1. The van der Waals surface area contributed by atoms with Crippen molar-refractivity contribution in [2.75, 3.05) is 20.1 Å². The molecule has 0 saturated carbocycles. The van der Waals surface area contributed by atoms with Gasteiger partial charge < -0.3 is 10.2 Å². The summed E-state index contributed by atoms with van der Waals surface area (Å²) in [5.74, 6) is 0.0665. The van der Waals surface area contributed by atoms with Crippen molar-refractivity contribution in [3.8, 4) is 0 Å². The van der Waals surface area contributed by atoms with Crippen LogP contribution in [0.2, 0.25) is 0 Å². The Bertz CT molecular complexity index is 392. The average Bonchev–Trinajstić information content (AvgIpc) is 2.43. The Hall–Kier alpha value is -1.68. The van der Waals surface area contributed by atoms with Crippen LogP contribution in [0.4, 0.5) is 0 Å². The maximum Gasteiger partial charge on any atom is 0.221 e. The van der Waals surface area contributed by atoms with Crippen LogP contribution in [0, 0.1) is 0 Å². The molecule has 19 heavy (non-hydrogen) atoms. The zero-order valence-electron chi connectivity index (χ0n) is 11.8. The van der Waals surface area contributed by atoms with E-state index in [1.54, 1.807) is 6.08 Å². The summed E-state index contributed by atoms with van der Waals surface area (Å²) < 4.78 is 0. The van der Waals surface area contributed by atoms with Gasteiger partial charge in [-0.25, -0.2) is 0 Å². The Morgan fingerprint density at radius 3 is 3.00 bits per heavy atom. The molecule has 0 saturated heterocycles. The highest BCUT2D eigenvalue weighted by atomic mass is 16.1. The molecule has 1 atom stereocenters. The van der Waals surface area contributed by atoms with E-state index in [2.05, 4.69) is 28.7 Å². The molecule has 104 valence electrons. The summed E-state index contributed by atoms with van der Waals surface area (Å²) in [6.07, 6.45) is 4.90. The predicted octanol–water partition coefficient (Wildman–Crippen LogP) is 1.64. The van der Waals surface area contributed by atoms with E-state index < -0.39 is 0 Å². The first-order valence-electron chi connectivity index (χ1n) is 6.61. The van der Waals surface area contributed by atoms with Crippen molar-refractivity contribution in [3.63, 3.8) is 0 Å². The van der Waals surface area contributed by atoms with E-state index in [1.807, 2.05) is 31.4 Å². The third-order valence-electron chi connectivity index (χ3n) is 3.12. The van der Waals surface area contributed by atoms with Crippen LogP contribution in [0.1, 0.15) is 19.0 Å². The zero-order chi connectivity index (χ0) is 14.1. The van der Waals surface area contributed by atoms with Gasteiger partial charge in [0.25, 0.3) is 0 Å². The maximum atomic E-state index is 11.5. The van der Waals surface area contributed by atoms with Crippen LogP contribution < -0.4 is 5.32 Å². The van der Waals surface area contributed by atoms with Gasteiger partial charge in [0.15, 0.2) is 0 Å². The molecule has 0 aliphatic heterocycles. The Morgan fingerprint density at radius 1 is 1.58 bits per heavy atom. The Kier molecular flexibility index (Phi) is 6.82. The molecule has 1 amide bonds. The van der Waals surface area contributed by atoms with Crippen molar-refractivity contribution >= 4 is 5.91 Å². The molecular formula is C15H23N3O. The molecule has 1 aromatic rings. The van der Waals surface area contributed by atoms with E-state index in [0.717, 1.165) is 18.7 Å². The smallest absolute Gasteiger partial charge is 0.221 e. The minimum absolute atomic E-state index is 0.0665. The first-order chi connectivity index (χ1) is 9.13. The van der Waals surface area contributed by atoms with Gasteiger partial charge in [-0.15, -0.1) is 6.58 Å². The number of likely N-dealkylation sites (N-methyl/N-ethyl adjacent to an activating group) is 1. The molecule has 1 aromatic heterocycles. The molecule has 1 heterocycles. The standard InChI is InChI=1S/C15H23N3O/c1-4-9-17-15(19)8-11-18(3)13(2)12-14-7-5-6-10-16-14/h4-7,10,13H,1,8-9,11-12H2,2-3H3,(H,17,19). The van der Waals surface area contributed by atoms with Crippen LogP contribution in [0.3, 0.4) is 0 Å². The first kappa shape index (κ1) is 15.4. The molecule has 0 aliphatic carbocycles. The monoisotopic (exact) mass is 261 g/mol. The van der Waals surface area contributed by atoms with Crippen LogP contribution in [0.15, 0.2) is 37.1 Å². The number of carbonyl (C=O) groups is 1. The van der Waals surface area contributed by atoms with E-state index in [-0.39, 0.29) is 5.91 Å². The number of hydrogen-bond donors (Lipinski definition) is 1. The van der Waals surface area contributed by atoms with Crippen LogP contribution >= 0.6 is 0 Å². The van der Waals surface area contributed by atoms with Crippen molar-refractivity contribution in [1.29, 1.82) is 0 Å². The number of nitrogens with zero attached hydrogens (tertiary/aromatic N) is 2. The molecule has 4 heteroatoms. The molecule has 0 spiro atoms. The third kappa shape index (κ3) is 6.15. The third-order valence-corrected chi connectivity index (χ3v) is 3.12. The van der Waals surface area contributed by atoms with Crippen molar-refractivity contribution in [2.24, 2.45) is 0 Å². The van der Waals surface area contributed by atoms with E-state index in [9.17, 15) is 4.79 Å². The van der Waals surface area contributed by atoms with Crippen LogP contribution in [0.25, 0.3) is 0 Å². The maximum absolute atomic E-state index is 11.5. The summed E-state index contributed by atoms with van der Waals surface area (Å²) in [4.78, 5) is 18.0. The lowest BCUT2D eigenvalue weighted by Crippen LogP contribution is -2.35. The summed E-state index contributed by atoms with van der Waals surface area (Å²) in [5.41, 5.74) is 1.08. The topological polar surface area (TPSA) is 45.2 Å². The van der Waals surface area contributed by atoms with Crippen LogP contribution in [0.5, 0.6) is 0 Å². The largest absolute Gasteiger partial charge is 0.353 e. The van der Waals surface area contributed by atoms with E-state index in [0.29, 0.717) is 19.0 Å². The minimum atomic E-state index is 0.0665. The normalized spacial score (nSPS) is 12.2. The van der Waals surface area contributed by atoms with Gasteiger partial charge in [0, 0.05) is 43.9 Å². The van der Waals surface area contributed by atoms with Crippen LogP contribution in [-0.2, 0) is 11.2 Å². The quantitative estimate of drug-likeness (QED) is 0.724. The summed E-state index contributed by atoms with van der Waals surface area (Å²) >= 11 is 0. The molecular weight excluding hydrogens is 238 g/mol. The number of amides is 1. The Labute approximate surface area is 115 Å². The Balaban J connectivity index is 2.30. The summed E-state index contributed by atoms with van der Waals surface area (Å²) in [6.45, 7) is 7.00. The van der Waals surface area contributed by atoms with E-state index in [4.69, 9.17) is 0 Å². The van der Waals surface area contributed by atoms with Gasteiger partial charge in [0.1, 0.15) is 0 Å². The zero-order valence-corrected chi connectivity index (χ0v) is 11.8. The Morgan fingerprint density at radius 2 is 2.37 bits per heavy atom. The van der Waals surface area contributed by atoms with E-state index in [1.165, 1.54) is 0 Å². The predicted molar refractivity (Wildman–Crippen MR) is 77.9 cm³/mol. The van der Waals surface area contributed by atoms with Gasteiger partial charge in [-0.05, 0) is 26.1 Å². The second kappa shape index (κ2) is 8.43. The lowest BCUT2D eigenvalue weighted by Gasteiger charge is -2.24. The molecule has 0 aliphatic rings. The second-order valence-electron chi connectivity index (χ2n) is 4.70. The van der Waals surface area contributed by atoms with Crippen molar-refractivity contribution in [1.82, 2.24) is 15.2 Å². The fourth-order valence-electron chi connectivity index (χ4n) is 1.75. The van der Waals surface area contributed by atoms with Gasteiger partial charge in [-0.2, -0.15) is 0 Å². The molecule has 4 nitrogen and oxygen atoms in total. The molecule has 0 fully saturated rings. The molecule has 0 aromatic carbocycles. The second-order valence-corrected chi connectivity index (χ2v) is 4.70. The highest BCUT2D eigenvalue weighted by molar-refractivity contribution is 5.76. The summed E-state index contributed by atoms with van der Waals surface area (Å²) in [6, 6.07) is 6.31. The van der Waals surface area contributed by atoms with Crippen LogP contribution in [-0.4, -0.2) is 42.0 Å². The molecule has 1 N–H and O–H groups in total. The van der Waals surface area contributed by atoms with Crippen molar-refractivity contribution in [3.05, 3.63) is 42.7 Å². The van der Waals surface area contributed by atoms with Gasteiger partial charge in [0.2, 0.25) is 5.91 Å². The minimum Gasteiger partial charge on any atom is -0.353 e. The van der Waals surface area contributed by atoms with Crippen molar-refractivity contribution in [2.45, 2.75) is 25.8 Å².